The zero-order chi connectivity index (χ0) is 16.6. The van der Waals surface area contributed by atoms with Crippen LogP contribution in [-0.4, -0.2) is 17.1 Å². The van der Waals surface area contributed by atoms with Crippen molar-refractivity contribution in [1.82, 2.24) is 4.57 Å². The highest BCUT2D eigenvalue weighted by Gasteiger charge is 2.17. The molecule has 3 aromatic rings. The third-order valence-electron chi connectivity index (χ3n) is 3.62. The average Bonchev–Trinajstić information content (AvgIpc) is 2.54. The Balaban J connectivity index is 2.45. The first-order chi connectivity index (χ1) is 11.0. The Hall–Kier alpha value is -1.85. The summed E-state index contributed by atoms with van der Waals surface area (Å²) in [6, 6.07) is 10.6. The maximum absolute atomic E-state index is 12.7. The number of hydrogen-bond acceptors (Lipinski definition) is 3. The number of rotatable bonds is 3. The molecule has 0 amide bonds. The SMILES string of the molecule is CCOC(=O)Cn1c2ccccc2c(=O)c2ccc(Br)c(Cl)c21. The van der Waals surface area contributed by atoms with E-state index in [-0.39, 0.29) is 17.9 Å². The van der Waals surface area contributed by atoms with Crippen LogP contribution in [0.4, 0.5) is 0 Å². The summed E-state index contributed by atoms with van der Waals surface area (Å²) in [4.78, 5) is 24.7. The summed E-state index contributed by atoms with van der Waals surface area (Å²) in [5.74, 6) is -0.376. The summed E-state index contributed by atoms with van der Waals surface area (Å²) >= 11 is 9.78. The van der Waals surface area contributed by atoms with E-state index in [1.54, 1.807) is 41.8 Å². The molecular formula is C17H13BrClNO3. The molecular weight excluding hydrogens is 382 g/mol. The van der Waals surface area contributed by atoms with Crippen molar-refractivity contribution in [2.45, 2.75) is 13.5 Å². The normalized spacial score (nSPS) is 11.1. The standard InChI is InChI=1S/C17H13BrClNO3/c1-2-23-14(21)9-20-13-6-4-3-5-10(13)17(22)11-7-8-12(18)15(19)16(11)20/h3-8H,2,9H2,1H3. The van der Waals surface area contributed by atoms with E-state index in [0.717, 1.165) is 0 Å². The lowest BCUT2D eigenvalue weighted by Crippen LogP contribution is -2.18. The number of pyridine rings is 1. The minimum Gasteiger partial charge on any atom is -0.465 e. The van der Waals surface area contributed by atoms with Gasteiger partial charge in [0.2, 0.25) is 0 Å². The predicted octanol–water partition coefficient (Wildman–Crippen LogP) is 4.13. The number of halogens is 2. The monoisotopic (exact) mass is 393 g/mol. The Morgan fingerprint density at radius 2 is 1.96 bits per heavy atom. The number of nitrogens with zero attached hydrogens (tertiary/aromatic N) is 1. The molecule has 4 nitrogen and oxygen atoms in total. The lowest BCUT2D eigenvalue weighted by Gasteiger charge is -2.16. The molecule has 0 atom stereocenters. The van der Waals surface area contributed by atoms with Crippen molar-refractivity contribution in [3.05, 3.63) is 56.1 Å². The van der Waals surface area contributed by atoms with Gasteiger partial charge in [-0.3, -0.25) is 9.59 Å². The minimum absolute atomic E-state index is 0.0126. The van der Waals surface area contributed by atoms with Gasteiger partial charge in [-0.2, -0.15) is 0 Å². The second-order valence-electron chi connectivity index (χ2n) is 4.99. The maximum atomic E-state index is 12.7. The Morgan fingerprint density at radius 1 is 1.22 bits per heavy atom. The lowest BCUT2D eigenvalue weighted by atomic mass is 10.1. The van der Waals surface area contributed by atoms with Crippen LogP contribution in [0, 0.1) is 0 Å². The number of ether oxygens (including phenoxy) is 1. The van der Waals surface area contributed by atoms with Gasteiger partial charge >= 0.3 is 5.97 Å². The first-order valence-electron chi connectivity index (χ1n) is 7.09. The molecule has 2 aromatic carbocycles. The second kappa shape index (κ2) is 6.34. The zero-order valence-corrected chi connectivity index (χ0v) is 14.6. The number of aromatic nitrogens is 1. The Labute approximate surface area is 145 Å². The molecule has 0 radical (unpaired) electrons. The van der Waals surface area contributed by atoms with Crippen LogP contribution in [0.15, 0.2) is 45.7 Å². The molecule has 0 saturated carbocycles. The average molecular weight is 395 g/mol. The number of carbonyl (C=O) groups is 1. The topological polar surface area (TPSA) is 48.3 Å². The Morgan fingerprint density at radius 3 is 2.70 bits per heavy atom. The summed E-state index contributed by atoms with van der Waals surface area (Å²) in [5, 5.41) is 1.42. The van der Waals surface area contributed by atoms with Crippen LogP contribution in [-0.2, 0) is 16.1 Å². The van der Waals surface area contributed by atoms with Crippen molar-refractivity contribution in [1.29, 1.82) is 0 Å². The van der Waals surface area contributed by atoms with E-state index in [2.05, 4.69) is 15.9 Å². The highest BCUT2D eigenvalue weighted by Crippen LogP contribution is 2.31. The van der Waals surface area contributed by atoms with Gasteiger partial charge in [0.1, 0.15) is 6.54 Å². The molecule has 0 aliphatic carbocycles. The second-order valence-corrected chi connectivity index (χ2v) is 6.23. The fraction of sp³-hybridized carbons (Fsp3) is 0.176. The smallest absolute Gasteiger partial charge is 0.325 e. The number of esters is 1. The van der Waals surface area contributed by atoms with E-state index in [9.17, 15) is 9.59 Å². The van der Waals surface area contributed by atoms with Gasteiger partial charge in [0, 0.05) is 15.2 Å². The van der Waals surface area contributed by atoms with Gasteiger partial charge in [-0.05, 0) is 47.1 Å². The van der Waals surface area contributed by atoms with Crippen LogP contribution in [0.25, 0.3) is 21.8 Å². The van der Waals surface area contributed by atoms with Crippen molar-refractivity contribution >= 4 is 55.3 Å². The predicted molar refractivity (Wildman–Crippen MR) is 95.1 cm³/mol. The largest absolute Gasteiger partial charge is 0.465 e. The van der Waals surface area contributed by atoms with Gasteiger partial charge in [0.15, 0.2) is 5.43 Å². The van der Waals surface area contributed by atoms with E-state index in [0.29, 0.717) is 37.9 Å². The molecule has 0 aliphatic rings. The molecule has 0 unspecified atom stereocenters. The summed E-state index contributed by atoms with van der Waals surface area (Å²) in [6.45, 7) is 2.04. The summed E-state index contributed by atoms with van der Waals surface area (Å²) < 4.78 is 7.45. The van der Waals surface area contributed by atoms with E-state index >= 15 is 0 Å². The van der Waals surface area contributed by atoms with E-state index in [1.165, 1.54) is 0 Å². The molecule has 0 bridgehead atoms. The van der Waals surface area contributed by atoms with Crippen LogP contribution in [0.2, 0.25) is 5.02 Å². The number of fused-ring (bicyclic) bond motifs is 2. The Bertz CT molecular complexity index is 981. The minimum atomic E-state index is -0.376. The number of para-hydroxylation sites is 1. The van der Waals surface area contributed by atoms with Crippen molar-refractivity contribution in [2.75, 3.05) is 6.61 Å². The molecule has 1 aromatic heterocycles. The third kappa shape index (κ3) is 2.75. The highest BCUT2D eigenvalue weighted by atomic mass is 79.9. The molecule has 0 fully saturated rings. The van der Waals surface area contributed by atoms with Crippen molar-refractivity contribution in [3.8, 4) is 0 Å². The molecule has 1 heterocycles. The number of benzene rings is 2. The zero-order valence-electron chi connectivity index (χ0n) is 12.3. The molecule has 0 aliphatic heterocycles. The van der Waals surface area contributed by atoms with Gasteiger partial charge < -0.3 is 9.30 Å². The first kappa shape index (κ1) is 16.0. The maximum Gasteiger partial charge on any atom is 0.325 e. The summed E-state index contributed by atoms with van der Waals surface area (Å²) in [5.41, 5.74) is 1.07. The van der Waals surface area contributed by atoms with E-state index in [4.69, 9.17) is 16.3 Å². The number of hydrogen-bond donors (Lipinski definition) is 0. The van der Waals surface area contributed by atoms with Gasteiger partial charge in [0.05, 0.1) is 22.7 Å². The van der Waals surface area contributed by atoms with Crippen LogP contribution in [0.3, 0.4) is 0 Å². The van der Waals surface area contributed by atoms with Gasteiger partial charge in [-0.15, -0.1) is 0 Å². The van der Waals surface area contributed by atoms with Crippen LogP contribution in [0.1, 0.15) is 6.92 Å². The molecule has 0 N–H and O–H groups in total. The summed E-state index contributed by atoms with van der Waals surface area (Å²) in [7, 11) is 0. The quantitative estimate of drug-likeness (QED) is 0.496. The van der Waals surface area contributed by atoms with E-state index in [1.807, 2.05) is 6.07 Å². The fourth-order valence-electron chi connectivity index (χ4n) is 2.65. The molecule has 118 valence electrons. The molecule has 0 saturated heterocycles. The van der Waals surface area contributed by atoms with Gasteiger partial charge in [0.25, 0.3) is 0 Å². The lowest BCUT2D eigenvalue weighted by molar-refractivity contribution is -0.143. The Kier molecular flexibility index (Phi) is 4.41. The molecule has 3 rings (SSSR count). The van der Waals surface area contributed by atoms with Crippen molar-refractivity contribution < 1.29 is 9.53 Å². The molecule has 23 heavy (non-hydrogen) atoms. The molecule has 0 spiro atoms. The number of carbonyl (C=O) groups excluding carboxylic acids is 1. The van der Waals surface area contributed by atoms with Gasteiger partial charge in [-0.1, -0.05) is 23.7 Å². The summed E-state index contributed by atoms with van der Waals surface area (Å²) in [6.07, 6.45) is 0. The third-order valence-corrected chi connectivity index (χ3v) is 4.89. The van der Waals surface area contributed by atoms with Crippen molar-refractivity contribution in [2.24, 2.45) is 0 Å². The van der Waals surface area contributed by atoms with Crippen molar-refractivity contribution in [3.63, 3.8) is 0 Å². The highest BCUT2D eigenvalue weighted by molar-refractivity contribution is 9.10. The van der Waals surface area contributed by atoms with Crippen LogP contribution in [0.5, 0.6) is 0 Å². The van der Waals surface area contributed by atoms with E-state index < -0.39 is 0 Å². The van der Waals surface area contributed by atoms with Crippen LogP contribution >= 0.6 is 27.5 Å². The first-order valence-corrected chi connectivity index (χ1v) is 8.26. The van der Waals surface area contributed by atoms with Gasteiger partial charge in [-0.25, -0.2) is 0 Å². The van der Waals surface area contributed by atoms with Crippen LogP contribution < -0.4 is 5.43 Å². The fourth-order valence-corrected chi connectivity index (χ4v) is 3.24. The molecule has 6 heteroatoms.